The monoisotopic (exact) mass is 409 g/mol. The molecule has 0 spiro atoms. The van der Waals surface area contributed by atoms with Crippen molar-refractivity contribution in [2.24, 2.45) is 5.10 Å². The Kier molecular flexibility index (Phi) is 5.59. The minimum absolute atomic E-state index is 0.0311. The summed E-state index contributed by atoms with van der Waals surface area (Å²) in [6.07, 6.45) is 0.655. The van der Waals surface area contributed by atoms with E-state index in [0.717, 1.165) is 5.56 Å². The number of hydrazone groups is 1. The first kappa shape index (κ1) is 20.1. The van der Waals surface area contributed by atoms with E-state index in [1.807, 2.05) is 6.92 Å². The zero-order chi connectivity index (χ0) is 20.5. The van der Waals surface area contributed by atoms with Gasteiger partial charge in [0.05, 0.1) is 31.8 Å². The molecule has 1 fully saturated rings. The smallest absolute Gasteiger partial charge is 0.271 e. The molecule has 2 heterocycles. The van der Waals surface area contributed by atoms with Crippen molar-refractivity contribution in [3.63, 3.8) is 0 Å². The van der Waals surface area contributed by atoms with E-state index in [0.29, 0.717) is 23.6 Å². The number of carbonyl (C=O) groups excluding carboxylic acids is 2. The SMILES string of the molecule is COc1cc(C)c(NC(=O)C2=NN(C3CCS(=O)(=O)C3)C(=O)CC2)cc1OC. The predicted molar refractivity (Wildman–Crippen MR) is 103 cm³/mol. The molecule has 1 aromatic carbocycles. The third kappa shape index (κ3) is 4.11. The summed E-state index contributed by atoms with van der Waals surface area (Å²) in [4.78, 5) is 24.9. The standard InChI is InChI=1S/C18H23N3O6S/c1-11-8-15(26-2)16(27-3)9-14(11)19-18(23)13-4-5-17(22)21(20-13)12-6-7-28(24,25)10-12/h8-9,12H,4-7,10H2,1-3H3,(H,19,23). The maximum Gasteiger partial charge on any atom is 0.271 e. The zero-order valence-electron chi connectivity index (χ0n) is 16.0. The number of ether oxygens (including phenoxy) is 2. The van der Waals surface area contributed by atoms with Crippen LogP contribution in [0.3, 0.4) is 0 Å². The third-order valence-corrected chi connectivity index (χ3v) is 6.61. The van der Waals surface area contributed by atoms with Crippen LogP contribution in [0.15, 0.2) is 17.2 Å². The Balaban J connectivity index is 1.80. The lowest BCUT2D eigenvalue weighted by atomic mass is 10.1. The van der Waals surface area contributed by atoms with Crippen LogP contribution in [-0.2, 0) is 19.4 Å². The summed E-state index contributed by atoms with van der Waals surface area (Å²) in [6, 6.07) is 2.89. The first-order valence-corrected chi connectivity index (χ1v) is 10.7. The fourth-order valence-electron chi connectivity index (χ4n) is 3.30. The Morgan fingerprint density at radius 1 is 1.21 bits per heavy atom. The van der Waals surface area contributed by atoms with Gasteiger partial charge in [-0.2, -0.15) is 5.10 Å². The third-order valence-electron chi connectivity index (χ3n) is 4.85. The van der Waals surface area contributed by atoms with Gasteiger partial charge in [0.1, 0.15) is 5.71 Å². The Hall–Kier alpha value is -2.62. The van der Waals surface area contributed by atoms with E-state index in [9.17, 15) is 18.0 Å². The van der Waals surface area contributed by atoms with Crippen molar-refractivity contribution in [3.05, 3.63) is 17.7 Å². The second kappa shape index (κ2) is 7.78. The van der Waals surface area contributed by atoms with Crippen molar-refractivity contribution in [3.8, 4) is 11.5 Å². The fourth-order valence-corrected chi connectivity index (χ4v) is 4.99. The minimum Gasteiger partial charge on any atom is -0.493 e. The van der Waals surface area contributed by atoms with Gasteiger partial charge >= 0.3 is 0 Å². The van der Waals surface area contributed by atoms with Gasteiger partial charge in [-0.1, -0.05) is 0 Å². The summed E-state index contributed by atoms with van der Waals surface area (Å²) in [6.45, 7) is 1.82. The van der Waals surface area contributed by atoms with E-state index in [1.165, 1.54) is 19.2 Å². The second-order valence-electron chi connectivity index (χ2n) is 6.82. The summed E-state index contributed by atoms with van der Waals surface area (Å²) < 4.78 is 33.9. The van der Waals surface area contributed by atoms with Gasteiger partial charge in [0.2, 0.25) is 5.91 Å². The molecule has 0 bridgehead atoms. The number of benzene rings is 1. The molecule has 1 atom stereocenters. The fraction of sp³-hybridized carbons (Fsp3) is 0.500. The normalized spacial score (nSPS) is 21.2. The number of hydrogen-bond acceptors (Lipinski definition) is 7. The molecule has 2 amide bonds. The maximum absolute atomic E-state index is 12.7. The molecule has 9 nitrogen and oxygen atoms in total. The number of hydrogen-bond donors (Lipinski definition) is 1. The van der Waals surface area contributed by atoms with Gasteiger partial charge in [-0.25, -0.2) is 13.4 Å². The number of sulfone groups is 1. The minimum atomic E-state index is -3.16. The molecular formula is C18H23N3O6S. The molecule has 3 rings (SSSR count). The van der Waals surface area contributed by atoms with Crippen LogP contribution in [0.4, 0.5) is 5.69 Å². The summed E-state index contributed by atoms with van der Waals surface area (Å²) >= 11 is 0. The molecular weight excluding hydrogens is 386 g/mol. The number of anilines is 1. The largest absolute Gasteiger partial charge is 0.493 e. The van der Waals surface area contributed by atoms with Crippen molar-refractivity contribution in [2.45, 2.75) is 32.2 Å². The van der Waals surface area contributed by atoms with Gasteiger partial charge in [0.25, 0.3) is 5.91 Å². The highest BCUT2D eigenvalue weighted by molar-refractivity contribution is 7.91. The number of carbonyl (C=O) groups is 2. The molecule has 0 radical (unpaired) electrons. The molecule has 1 unspecified atom stereocenters. The second-order valence-corrected chi connectivity index (χ2v) is 9.05. The van der Waals surface area contributed by atoms with Gasteiger partial charge < -0.3 is 14.8 Å². The average Bonchev–Trinajstić information content (AvgIpc) is 3.02. The number of methoxy groups -OCH3 is 2. The molecule has 152 valence electrons. The molecule has 0 aromatic heterocycles. The molecule has 28 heavy (non-hydrogen) atoms. The van der Waals surface area contributed by atoms with Gasteiger partial charge in [-0.3, -0.25) is 9.59 Å². The van der Waals surface area contributed by atoms with E-state index in [-0.39, 0.29) is 36.0 Å². The summed E-state index contributed by atoms with van der Waals surface area (Å²) in [5, 5.41) is 8.14. The Bertz CT molecular complexity index is 941. The van der Waals surface area contributed by atoms with Crippen LogP contribution < -0.4 is 14.8 Å². The van der Waals surface area contributed by atoms with Crippen molar-refractivity contribution in [1.29, 1.82) is 0 Å². The number of nitrogens with one attached hydrogen (secondary N) is 1. The molecule has 2 aliphatic rings. The molecule has 0 aliphatic carbocycles. The lowest BCUT2D eigenvalue weighted by Crippen LogP contribution is -2.42. The number of rotatable bonds is 5. The van der Waals surface area contributed by atoms with Crippen LogP contribution in [0.1, 0.15) is 24.8 Å². The van der Waals surface area contributed by atoms with Crippen LogP contribution >= 0.6 is 0 Å². The number of amides is 2. The highest BCUT2D eigenvalue weighted by atomic mass is 32.2. The Morgan fingerprint density at radius 3 is 2.50 bits per heavy atom. The zero-order valence-corrected chi connectivity index (χ0v) is 16.8. The quantitative estimate of drug-likeness (QED) is 0.779. The Labute approximate surface area is 163 Å². The predicted octanol–water partition coefficient (Wildman–Crippen LogP) is 1.12. The molecule has 1 saturated heterocycles. The van der Waals surface area contributed by atoms with Crippen LogP contribution in [-0.4, -0.2) is 62.7 Å². The summed E-state index contributed by atoms with van der Waals surface area (Å²) in [5.74, 6) is 0.235. The molecule has 10 heteroatoms. The maximum atomic E-state index is 12.7. The highest BCUT2D eigenvalue weighted by Crippen LogP contribution is 2.33. The van der Waals surface area contributed by atoms with Crippen LogP contribution in [0.5, 0.6) is 11.5 Å². The lowest BCUT2D eigenvalue weighted by molar-refractivity contribution is -0.133. The van der Waals surface area contributed by atoms with E-state index < -0.39 is 21.8 Å². The summed E-state index contributed by atoms with van der Waals surface area (Å²) in [5.41, 5.74) is 1.51. The van der Waals surface area contributed by atoms with E-state index in [1.54, 1.807) is 12.1 Å². The highest BCUT2D eigenvalue weighted by Gasteiger charge is 2.37. The van der Waals surface area contributed by atoms with E-state index in [4.69, 9.17) is 9.47 Å². The molecule has 0 saturated carbocycles. The van der Waals surface area contributed by atoms with Crippen molar-refractivity contribution in [1.82, 2.24) is 5.01 Å². The first-order valence-electron chi connectivity index (χ1n) is 8.88. The van der Waals surface area contributed by atoms with Gasteiger partial charge in [-0.05, 0) is 25.0 Å². The topological polar surface area (TPSA) is 114 Å². The van der Waals surface area contributed by atoms with Crippen molar-refractivity contribution in [2.75, 3.05) is 31.0 Å². The lowest BCUT2D eigenvalue weighted by Gasteiger charge is -2.27. The molecule has 1 aromatic rings. The van der Waals surface area contributed by atoms with Gasteiger partial charge in [0.15, 0.2) is 21.3 Å². The van der Waals surface area contributed by atoms with Crippen molar-refractivity contribution < 1.29 is 27.5 Å². The van der Waals surface area contributed by atoms with Crippen LogP contribution in [0, 0.1) is 6.92 Å². The summed E-state index contributed by atoms with van der Waals surface area (Å²) in [7, 11) is -0.132. The van der Waals surface area contributed by atoms with Crippen molar-refractivity contribution >= 4 is 33.1 Å². The van der Waals surface area contributed by atoms with Crippen LogP contribution in [0.25, 0.3) is 0 Å². The van der Waals surface area contributed by atoms with Crippen LogP contribution in [0.2, 0.25) is 0 Å². The average molecular weight is 409 g/mol. The first-order chi connectivity index (χ1) is 13.2. The van der Waals surface area contributed by atoms with E-state index >= 15 is 0 Å². The molecule has 1 N–H and O–H groups in total. The number of nitrogens with zero attached hydrogens (tertiary/aromatic N) is 2. The number of aryl methyl sites for hydroxylation is 1. The van der Waals surface area contributed by atoms with E-state index in [2.05, 4.69) is 10.4 Å². The van der Waals surface area contributed by atoms with Gasteiger partial charge in [0, 0.05) is 24.6 Å². The Morgan fingerprint density at radius 2 is 1.89 bits per heavy atom. The van der Waals surface area contributed by atoms with Gasteiger partial charge in [-0.15, -0.1) is 0 Å². The molecule has 2 aliphatic heterocycles.